The van der Waals surface area contributed by atoms with Crippen LogP contribution in [0.1, 0.15) is 41.5 Å². The van der Waals surface area contributed by atoms with Crippen molar-refractivity contribution in [3.8, 4) is 10.4 Å². The quantitative estimate of drug-likeness (QED) is 0.409. The SMILES string of the molecule is COC1=CC(C)=NC(=O)C1CNC(=O)c1cc2cc(-c3cncs3)cn2c(C(C)N2CCN(CC(F)(F)F)CC2)c1C. The molecule has 1 saturated heterocycles. The number of pyridine rings is 1. The van der Waals surface area contributed by atoms with Crippen LogP contribution in [0.5, 0.6) is 0 Å². The second-order valence-electron chi connectivity index (χ2n) is 10.7. The molecule has 42 heavy (non-hydrogen) atoms. The molecule has 2 amide bonds. The van der Waals surface area contributed by atoms with Crippen molar-refractivity contribution in [2.45, 2.75) is 33.0 Å². The smallest absolute Gasteiger partial charge is 0.401 e. The highest BCUT2D eigenvalue weighted by molar-refractivity contribution is 7.13. The minimum Gasteiger partial charge on any atom is -0.500 e. The first-order valence-electron chi connectivity index (χ1n) is 13.7. The van der Waals surface area contributed by atoms with Gasteiger partial charge in [0.15, 0.2) is 0 Å². The van der Waals surface area contributed by atoms with Gasteiger partial charge in [-0.25, -0.2) is 4.99 Å². The first-order valence-corrected chi connectivity index (χ1v) is 14.5. The van der Waals surface area contributed by atoms with E-state index >= 15 is 0 Å². The highest BCUT2D eigenvalue weighted by Gasteiger charge is 2.34. The fraction of sp³-hybridized carbons (Fsp3) is 0.448. The fourth-order valence-corrected chi connectivity index (χ4v) is 6.35. The molecule has 2 aliphatic heterocycles. The summed E-state index contributed by atoms with van der Waals surface area (Å²) in [7, 11) is 1.48. The zero-order valence-electron chi connectivity index (χ0n) is 23.9. The standard InChI is InChI=1S/C29H33F3N6O3S/c1-17-9-24(41-4)23(28(40)35-17)12-34-27(39)22-11-21-10-20(25-13-33-16-42-25)14-38(21)26(18(22)2)19(3)37-7-5-36(6-8-37)15-29(30,31)32/h9-11,13-14,16,19,23H,5-8,12,15H2,1-4H3,(H,34,39). The summed E-state index contributed by atoms with van der Waals surface area (Å²) >= 11 is 1.51. The Balaban J connectivity index is 1.45. The molecule has 0 spiro atoms. The summed E-state index contributed by atoms with van der Waals surface area (Å²) < 4.78 is 46.3. The zero-order valence-corrected chi connectivity index (χ0v) is 24.7. The number of rotatable bonds is 8. The lowest BCUT2D eigenvalue weighted by Crippen LogP contribution is -2.50. The van der Waals surface area contributed by atoms with E-state index in [0.29, 0.717) is 43.2 Å². The Kier molecular flexibility index (Phi) is 8.53. The summed E-state index contributed by atoms with van der Waals surface area (Å²) in [5.74, 6) is -0.989. The van der Waals surface area contributed by atoms with Crippen molar-refractivity contribution in [2.24, 2.45) is 10.9 Å². The lowest BCUT2D eigenvalue weighted by molar-refractivity contribution is -0.149. The van der Waals surface area contributed by atoms with E-state index in [1.165, 1.54) is 23.3 Å². The van der Waals surface area contributed by atoms with Gasteiger partial charge in [-0.3, -0.25) is 24.4 Å². The molecule has 0 bridgehead atoms. The topological polar surface area (TPSA) is 91.5 Å². The van der Waals surface area contributed by atoms with E-state index in [4.69, 9.17) is 4.74 Å². The number of piperazine rings is 1. The average molecular weight is 603 g/mol. The number of aromatic nitrogens is 2. The third kappa shape index (κ3) is 6.27. The minimum absolute atomic E-state index is 0.0257. The van der Waals surface area contributed by atoms with Gasteiger partial charge in [-0.15, -0.1) is 11.3 Å². The third-order valence-corrected chi connectivity index (χ3v) is 8.71. The Morgan fingerprint density at radius 2 is 1.95 bits per heavy atom. The van der Waals surface area contributed by atoms with Crippen molar-refractivity contribution in [3.05, 3.63) is 58.7 Å². The van der Waals surface area contributed by atoms with Crippen molar-refractivity contribution in [1.82, 2.24) is 24.5 Å². The number of thiazole rings is 1. The Hall–Kier alpha value is -3.55. The molecule has 5 heterocycles. The first kappa shape index (κ1) is 29.9. The van der Waals surface area contributed by atoms with Gasteiger partial charge in [0.2, 0.25) is 0 Å². The Morgan fingerprint density at radius 3 is 2.60 bits per heavy atom. The van der Waals surface area contributed by atoms with Crippen LogP contribution in [-0.2, 0) is 9.53 Å². The van der Waals surface area contributed by atoms with Gasteiger partial charge in [-0.1, -0.05) is 0 Å². The van der Waals surface area contributed by atoms with Gasteiger partial charge in [0.25, 0.3) is 11.8 Å². The molecule has 0 aromatic carbocycles. The lowest BCUT2D eigenvalue weighted by atomic mass is 9.99. The Morgan fingerprint density at radius 1 is 1.21 bits per heavy atom. The molecular weight excluding hydrogens is 569 g/mol. The molecule has 0 aliphatic carbocycles. The maximum absolute atomic E-state index is 13.6. The van der Waals surface area contributed by atoms with Crippen molar-refractivity contribution >= 4 is 34.4 Å². The number of nitrogens with zero attached hydrogens (tertiary/aromatic N) is 5. The molecule has 1 fully saturated rings. The second kappa shape index (κ2) is 12.0. The minimum atomic E-state index is -4.23. The zero-order chi connectivity index (χ0) is 30.2. The number of halogens is 3. The summed E-state index contributed by atoms with van der Waals surface area (Å²) in [6, 6.07) is 3.63. The average Bonchev–Trinajstić information content (AvgIpc) is 3.61. The Bertz CT molecular complexity index is 1540. The summed E-state index contributed by atoms with van der Waals surface area (Å²) in [6.45, 7) is 6.25. The maximum Gasteiger partial charge on any atom is 0.401 e. The molecule has 5 rings (SSSR count). The van der Waals surface area contributed by atoms with E-state index in [-0.39, 0.29) is 24.4 Å². The molecule has 3 aromatic heterocycles. The first-order chi connectivity index (χ1) is 19.9. The van der Waals surface area contributed by atoms with Gasteiger partial charge < -0.3 is 14.5 Å². The van der Waals surface area contributed by atoms with Crippen molar-refractivity contribution in [2.75, 3.05) is 46.4 Å². The number of ether oxygens (including phenoxy) is 1. The normalized spacial score (nSPS) is 19.5. The number of dihydropyridines is 1. The third-order valence-electron chi connectivity index (χ3n) is 7.89. The maximum atomic E-state index is 13.6. The number of aliphatic imine (C=N–C) groups is 1. The number of nitrogens with one attached hydrogen (secondary N) is 1. The molecule has 3 aromatic rings. The summed E-state index contributed by atoms with van der Waals surface area (Å²) in [6.07, 6.45) is 1.25. The fourth-order valence-electron chi connectivity index (χ4n) is 5.74. The van der Waals surface area contributed by atoms with E-state index in [1.54, 1.807) is 24.7 Å². The van der Waals surface area contributed by atoms with Crippen LogP contribution in [-0.4, -0.2) is 89.3 Å². The van der Waals surface area contributed by atoms with E-state index in [0.717, 1.165) is 27.2 Å². The molecule has 1 N–H and O–H groups in total. The van der Waals surface area contributed by atoms with Crippen LogP contribution in [0.2, 0.25) is 0 Å². The monoisotopic (exact) mass is 602 g/mol. The van der Waals surface area contributed by atoms with Crippen molar-refractivity contribution in [3.63, 3.8) is 0 Å². The van der Waals surface area contributed by atoms with Crippen LogP contribution >= 0.6 is 11.3 Å². The number of carbonyl (C=O) groups excluding carboxylic acids is 2. The van der Waals surface area contributed by atoms with Crippen molar-refractivity contribution < 1.29 is 27.5 Å². The van der Waals surface area contributed by atoms with Gasteiger partial charge >= 0.3 is 6.18 Å². The Labute approximate surface area is 245 Å². The predicted octanol–water partition coefficient (Wildman–Crippen LogP) is 4.49. The summed E-state index contributed by atoms with van der Waals surface area (Å²) in [5, 5.41) is 2.90. The molecule has 0 saturated carbocycles. The molecule has 13 heteroatoms. The molecule has 224 valence electrons. The van der Waals surface area contributed by atoms with Crippen molar-refractivity contribution in [1.29, 1.82) is 0 Å². The number of methoxy groups -OCH3 is 1. The number of amides is 2. The number of fused-ring (bicyclic) bond motifs is 1. The van der Waals surface area contributed by atoms with Crippen LogP contribution in [0.15, 0.2) is 46.9 Å². The molecule has 2 aliphatic rings. The van der Waals surface area contributed by atoms with E-state index in [9.17, 15) is 22.8 Å². The van der Waals surface area contributed by atoms with E-state index in [1.807, 2.05) is 32.2 Å². The highest BCUT2D eigenvalue weighted by atomic mass is 32.1. The van der Waals surface area contributed by atoms with Crippen LogP contribution in [0.3, 0.4) is 0 Å². The lowest BCUT2D eigenvalue weighted by Gasteiger charge is -2.39. The van der Waals surface area contributed by atoms with Gasteiger partial charge in [-0.2, -0.15) is 13.2 Å². The number of hydrogen-bond acceptors (Lipinski definition) is 7. The van der Waals surface area contributed by atoms with Gasteiger partial charge in [0.1, 0.15) is 11.7 Å². The van der Waals surface area contributed by atoms with Gasteiger partial charge in [0, 0.05) is 79.2 Å². The summed E-state index contributed by atoms with van der Waals surface area (Å²) in [4.78, 5) is 38.9. The molecule has 9 nitrogen and oxygen atoms in total. The van der Waals surface area contributed by atoms with Crippen LogP contribution in [0, 0.1) is 12.8 Å². The number of allylic oxidation sites excluding steroid dienone is 1. The van der Waals surface area contributed by atoms with Crippen LogP contribution < -0.4 is 5.32 Å². The van der Waals surface area contributed by atoms with Crippen LogP contribution in [0.4, 0.5) is 13.2 Å². The highest BCUT2D eigenvalue weighted by Crippen LogP contribution is 2.33. The number of alkyl halides is 3. The number of hydrogen-bond donors (Lipinski definition) is 1. The largest absolute Gasteiger partial charge is 0.500 e. The second-order valence-corrected chi connectivity index (χ2v) is 11.6. The van der Waals surface area contributed by atoms with E-state index in [2.05, 4.69) is 24.6 Å². The molecule has 2 atom stereocenters. The van der Waals surface area contributed by atoms with Gasteiger partial charge in [-0.05, 0) is 44.5 Å². The molecular formula is C29H33F3N6O3S. The van der Waals surface area contributed by atoms with Gasteiger partial charge in [0.05, 0.1) is 24.0 Å². The van der Waals surface area contributed by atoms with E-state index < -0.39 is 18.6 Å². The van der Waals surface area contributed by atoms with Crippen LogP contribution in [0.25, 0.3) is 16.0 Å². The predicted molar refractivity (Wildman–Crippen MR) is 155 cm³/mol. The molecule has 0 radical (unpaired) electrons. The molecule has 2 unspecified atom stereocenters. The number of carbonyl (C=O) groups is 2. The summed E-state index contributed by atoms with van der Waals surface area (Å²) in [5.41, 5.74) is 6.15.